The van der Waals surface area contributed by atoms with Gasteiger partial charge in [0.2, 0.25) is 5.03 Å². The van der Waals surface area contributed by atoms with Crippen molar-refractivity contribution in [2.24, 2.45) is 0 Å². The number of hydrogen-bond acceptors (Lipinski definition) is 4. The molecule has 0 N–H and O–H groups in total. The van der Waals surface area contributed by atoms with Crippen LogP contribution in [0, 0.1) is 5.82 Å². The van der Waals surface area contributed by atoms with E-state index in [9.17, 15) is 8.94 Å². The first-order valence-electron chi connectivity index (χ1n) is 6.83. The molecule has 6 heteroatoms. The van der Waals surface area contributed by atoms with Crippen LogP contribution < -0.4 is 9.47 Å². The van der Waals surface area contributed by atoms with Crippen molar-refractivity contribution in [1.29, 1.82) is 0 Å². The molecule has 0 spiro atoms. The van der Waals surface area contributed by atoms with Crippen LogP contribution in [0.5, 0.6) is 17.2 Å². The van der Waals surface area contributed by atoms with Gasteiger partial charge in [-0.1, -0.05) is 0 Å². The minimum atomic E-state index is -1.16. The number of aromatic nitrogens is 1. The molecule has 0 fully saturated rings. The van der Waals surface area contributed by atoms with E-state index >= 15 is 0 Å². The number of benzene rings is 2. The molecule has 0 saturated carbocycles. The van der Waals surface area contributed by atoms with Crippen LogP contribution in [0.2, 0.25) is 0 Å². The van der Waals surface area contributed by atoms with E-state index in [1.165, 1.54) is 24.3 Å². The lowest BCUT2D eigenvalue weighted by atomic mass is 10.2. The molecule has 1 aromatic heterocycles. The fourth-order valence-corrected chi connectivity index (χ4v) is 2.67. The van der Waals surface area contributed by atoms with Crippen molar-refractivity contribution in [3.63, 3.8) is 0 Å². The Kier molecular flexibility index (Phi) is 4.36. The Morgan fingerprint density at radius 3 is 2.43 bits per heavy atom. The Morgan fingerprint density at radius 2 is 1.78 bits per heavy atom. The molecule has 1 atom stereocenters. The zero-order valence-electron chi connectivity index (χ0n) is 12.6. The molecule has 0 aliphatic rings. The normalized spacial score (nSPS) is 12.2. The van der Waals surface area contributed by atoms with E-state index in [4.69, 9.17) is 9.47 Å². The van der Waals surface area contributed by atoms with Crippen molar-refractivity contribution in [2.75, 3.05) is 13.4 Å². The Balaban J connectivity index is 2.10. The summed E-state index contributed by atoms with van der Waals surface area (Å²) >= 11 is -1.16. The van der Waals surface area contributed by atoms with Gasteiger partial charge >= 0.3 is 0 Å². The van der Waals surface area contributed by atoms with Crippen LogP contribution in [0.3, 0.4) is 0 Å². The van der Waals surface area contributed by atoms with Gasteiger partial charge in [0.25, 0.3) is 0 Å². The summed E-state index contributed by atoms with van der Waals surface area (Å²) in [6.07, 6.45) is 1.58. The molecule has 4 nitrogen and oxygen atoms in total. The summed E-state index contributed by atoms with van der Waals surface area (Å²) in [4.78, 5) is 4.37. The maximum absolute atomic E-state index is 13.0. The summed E-state index contributed by atoms with van der Waals surface area (Å²) in [5.74, 6) is 1.17. The SMILES string of the molecule is COc1ccc2nc([S+](C)[O-])ccc2c1Oc1ccc(F)cc1. The van der Waals surface area contributed by atoms with Crippen LogP contribution in [0.25, 0.3) is 10.9 Å². The highest BCUT2D eigenvalue weighted by Gasteiger charge is 2.15. The van der Waals surface area contributed by atoms with Crippen molar-refractivity contribution >= 4 is 22.1 Å². The topological polar surface area (TPSA) is 54.4 Å². The first-order chi connectivity index (χ1) is 11.1. The zero-order valence-corrected chi connectivity index (χ0v) is 13.4. The molecule has 0 saturated heterocycles. The van der Waals surface area contributed by atoms with E-state index in [0.29, 0.717) is 27.8 Å². The largest absolute Gasteiger partial charge is 0.610 e. The second kappa shape index (κ2) is 6.44. The summed E-state index contributed by atoms with van der Waals surface area (Å²) in [7, 11) is 1.54. The molecule has 3 rings (SSSR count). The van der Waals surface area contributed by atoms with E-state index in [2.05, 4.69) is 4.98 Å². The van der Waals surface area contributed by atoms with E-state index in [0.717, 1.165) is 5.39 Å². The third-order valence-corrected chi connectivity index (χ3v) is 4.12. The number of pyridine rings is 1. The molecular formula is C17H14FNO3S. The number of halogens is 1. The highest BCUT2D eigenvalue weighted by molar-refractivity contribution is 7.90. The minimum Gasteiger partial charge on any atom is -0.610 e. The fourth-order valence-electron chi connectivity index (χ4n) is 2.18. The Bertz CT molecular complexity index is 837. The van der Waals surface area contributed by atoms with E-state index in [1.807, 2.05) is 0 Å². The summed E-state index contributed by atoms with van der Waals surface area (Å²) < 4.78 is 35.8. The van der Waals surface area contributed by atoms with E-state index < -0.39 is 11.2 Å². The average Bonchev–Trinajstić information content (AvgIpc) is 2.56. The summed E-state index contributed by atoms with van der Waals surface area (Å²) in [5.41, 5.74) is 0.649. The lowest BCUT2D eigenvalue weighted by molar-refractivity contribution is 0.381. The van der Waals surface area contributed by atoms with Gasteiger partial charge in [-0.25, -0.2) is 9.37 Å². The maximum atomic E-state index is 13.0. The predicted molar refractivity (Wildman–Crippen MR) is 87.1 cm³/mol. The molecule has 1 heterocycles. The Morgan fingerprint density at radius 1 is 1.04 bits per heavy atom. The molecule has 0 aliphatic carbocycles. The number of rotatable bonds is 4. The molecule has 0 radical (unpaired) electrons. The number of fused-ring (bicyclic) bond motifs is 1. The van der Waals surface area contributed by atoms with Crippen LogP contribution in [-0.4, -0.2) is 22.9 Å². The lowest BCUT2D eigenvalue weighted by Gasteiger charge is -2.13. The first-order valence-corrected chi connectivity index (χ1v) is 8.39. The Hall–Kier alpha value is -2.31. The van der Waals surface area contributed by atoms with Crippen LogP contribution in [0.1, 0.15) is 0 Å². The van der Waals surface area contributed by atoms with Gasteiger partial charge in [-0.3, -0.25) is 0 Å². The summed E-state index contributed by atoms with van der Waals surface area (Å²) in [6.45, 7) is 0. The van der Waals surface area contributed by atoms with Crippen molar-refractivity contribution in [2.45, 2.75) is 5.03 Å². The standard InChI is InChI=1S/C17H14FNO3S/c1-21-15-9-8-14-13(7-10-16(19-14)23(2)20)17(15)22-12-5-3-11(18)4-6-12/h3-10H,1-2H3. The first kappa shape index (κ1) is 15.6. The van der Waals surface area contributed by atoms with Gasteiger partial charge in [0.05, 0.1) is 12.6 Å². The molecule has 0 bridgehead atoms. The second-order valence-corrected chi connectivity index (χ2v) is 6.15. The molecule has 0 aliphatic heterocycles. The van der Waals surface area contributed by atoms with Crippen molar-refractivity contribution in [3.8, 4) is 17.2 Å². The predicted octanol–water partition coefficient (Wildman–Crippen LogP) is 3.91. The minimum absolute atomic E-state index is 0.334. The highest BCUT2D eigenvalue weighted by Crippen LogP contribution is 2.38. The van der Waals surface area contributed by atoms with E-state index in [1.54, 1.807) is 37.6 Å². The maximum Gasteiger partial charge on any atom is 0.244 e. The highest BCUT2D eigenvalue weighted by atomic mass is 32.2. The van der Waals surface area contributed by atoms with Crippen LogP contribution >= 0.6 is 0 Å². The number of methoxy groups -OCH3 is 1. The van der Waals surface area contributed by atoms with Crippen molar-refractivity contribution in [3.05, 3.63) is 54.3 Å². The van der Waals surface area contributed by atoms with Crippen molar-refractivity contribution in [1.82, 2.24) is 4.98 Å². The monoisotopic (exact) mass is 331 g/mol. The lowest BCUT2D eigenvalue weighted by Crippen LogP contribution is -2.01. The second-order valence-electron chi connectivity index (χ2n) is 4.82. The van der Waals surface area contributed by atoms with Gasteiger partial charge in [-0.2, -0.15) is 0 Å². The molecule has 118 valence electrons. The number of hydrogen-bond donors (Lipinski definition) is 0. The molecule has 0 amide bonds. The third kappa shape index (κ3) is 3.23. The van der Waals surface area contributed by atoms with Crippen LogP contribution in [0.15, 0.2) is 53.6 Å². The molecule has 1 unspecified atom stereocenters. The van der Waals surface area contributed by atoms with Crippen LogP contribution in [0.4, 0.5) is 4.39 Å². The fraction of sp³-hybridized carbons (Fsp3) is 0.118. The van der Waals surface area contributed by atoms with Gasteiger partial charge in [-0.15, -0.1) is 0 Å². The van der Waals surface area contributed by atoms with Crippen LogP contribution in [-0.2, 0) is 11.2 Å². The average molecular weight is 331 g/mol. The van der Waals surface area contributed by atoms with Gasteiger partial charge in [0, 0.05) is 22.6 Å². The van der Waals surface area contributed by atoms with Gasteiger partial charge < -0.3 is 14.0 Å². The van der Waals surface area contributed by atoms with Crippen molar-refractivity contribution < 1.29 is 18.4 Å². The third-order valence-electron chi connectivity index (χ3n) is 3.31. The summed E-state index contributed by atoms with van der Waals surface area (Å²) in [6, 6.07) is 12.7. The number of nitrogens with zero attached hydrogens (tertiary/aromatic N) is 1. The number of ether oxygens (including phenoxy) is 2. The molecule has 2 aromatic carbocycles. The van der Waals surface area contributed by atoms with Gasteiger partial charge in [-0.05, 0) is 42.5 Å². The quantitative estimate of drug-likeness (QED) is 0.680. The molecule has 23 heavy (non-hydrogen) atoms. The molecular weight excluding hydrogens is 317 g/mol. The van der Waals surface area contributed by atoms with Gasteiger partial charge in [0.15, 0.2) is 11.5 Å². The molecule has 3 aromatic rings. The Labute approximate surface area is 136 Å². The zero-order chi connectivity index (χ0) is 16.4. The van der Waals surface area contributed by atoms with E-state index in [-0.39, 0.29) is 5.82 Å². The van der Waals surface area contributed by atoms with Gasteiger partial charge in [0.1, 0.15) is 17.8 Å². The smallest absolute Gasteiger partial charge is 0.244 e. The summed E-state index contributed by atoms with van der Waals surface area (Å²) in [5, 5.41) is 1.22.